The van der Waals surface area contributed by atoms with Crippen molar-refractivity contribution in [3.05, 3.63) is 0 Å². The summed E-state index contributed by atoms with van der Waals surface area (Å²) >= 11 is 0. The van der Waals surface area contributed by atoms with Gasteiger partial charge in [0.15, 0.2) is 0 Å². The fourth-order valence-corrected chi connectivity index (χ4v) is 1.42. The minimum absolute atomic E-state index is 0.0752. The third-order valence-electron chi connectivity index (χ3n) is 2.53. The highest BCUT2D eigenvalue weighted by Crippen LogP contribution is 2.26. The molecule has 72 valence electrons. The van der Waals surface area contributed by atoms with Gasteiger partial charge in [0.25, 0.3) is 0 Å². The standard InChI is InChI=1S/C10H16N2O/c1-2-4-9(7-11)12-10(13)8-5-3-6-8/h8-9H,2-6H2,1H3,(H,12,13). The van der Waals surface area contributed by atoms with Gasteiger partial charge < -0.3 is 5.32 Å². The fourth-order valence-electron chi connectivity index (χ4n) is 1.42. The molecule has 0 aromatic rings. The summed E-state index contributed by atoms with van der Waals surface area (Å²) in [6, 6.07) is 1.83. The summed E-state index contributed by atoms with van der Waals surface area (Å²) in [5.74, 6) is 0.263. The van der Waals surface area contributed by atoms with Crippen LogP contribution in [0.25, 0.3) is 0 Å². The Bertz CT molecular complexity index is 215. The normalized spacial score (nSPS) is 18.5. The number of carbonyl (C=O) groups is 1. The number of nitrogens with one attached hydrogen (secondary N) is 1. The number of rotatable bonds is 4. The molecule has 3 nitrogen and oxygen atoms in total. The maximum absolute atomic E-state index is 11.4. The van der Waals surface area contributed by atoms with Crippen molar-refractivity contribution in [2.24, 2.45) is 5.92 Å². The highest BCUT2D eigenvalue weighted by atomic mass is 16.1. The Balaban J connectivity index is 2.28. The van der Waals surface area contributed by atoms with E-state index in [9.17, 15) is 4.79 Å². The van der Waals surface area contributed by atoms with Gasteiger partial charge in [0.05, 0.1) is 6.07 Å². The third-order valence-corrected chi connectivity index (χ3v) is 2.53. The molecule has 0 radical (unpaired) electrons. The van der Waals surface area contributed by atoms with Gasteiger partial charge in [0, 0.05) is 5.92 Å². The molecule has 1 rings (SSSR count). The van der Waals surface area contributed by atoms with Gasteiger partial charge in [0.2, 0.25) is 5.91 Å². The van der Waals surface area contributed by atoms with E-state index in [-0.39, 0.29) is 17.9 Å². The first kappa shape index (κ1) is 10.0. The second-order valence-corrected chi connectivity index (χ2v) is 3.61. The van der Waals surface area contributed by atoms with Crippen molar-refractivity contribution < 1.29 is 4.79 Å². The molecule has 1 amide bonds. The van der Waals surface area contributed by atoms with Crippen molar-refractivity contribution in [2.75, 3.05) is 0 Å². The minimum atomic E-state index is -0.280. The molecule has 0 saturated heterocycles. The van der Waals surface area contributed by atoms with E-state index in [4.69, 9.17) is 5.26 Å². The van der Waals surface area contributed by atoms with Gasteiger partial charge in [-0.05, 0) is 19.3 Å². The summed E-state index contributed by atoms with van der Waals surface area (Å²) in [5, 5.41) is 11.5. The van der Waals surface area contributed by atoms with Crippen LogP contribution >= 0.6 is 0 Å². The lowest BCUT2D eigenvalue weighted by Gasteiger charge is -2.25. The van der Waals surface area contributed by atoms with Crippen LogP contribution in [-0.4, -0.2) is 11.9 Å². The van der Waals surface area contributed by atoms with Crippen LogP contribution in [0.1, 0.15) is 39.0 Å². The molecule has 1 atom stereocenters. The minimum Gasteiger partial charge on any atom is -0.340 e. The molecule has 0 heterocycles. The first-order valence-electron chi connectivity index (χ1n) is 4.98. The first-order chi connectivity index (χ1) is 6.27. The lowest BCUT2D eigenvalue weighted by atomic mass is 9.84. The van der Waals surface area contributed by atoms with Gasteiger partial charge in [0.1, 0.15) is 6.04 Å². The van der Waals surface area contributed by atoms with Gasteiger partial charge in [-0.25, -0.2) is 0 Å². The number of nitriles is 1. The second kappa shape index (κ2) is 4.86. The fraction of sp³-hybridized carbons (Fsp3) is 0.800. The van der Waals surface area contributed by atoms with E-state index < -0.39 is 0 Å². The van der Waals surface area contributed by atoms with Crippen LogP contribution in [0.5, 0.6) is 0 Å². The predicted octanol–water partition coefficient (Wildman–Crippen LogP) is 1.59. The van der Waals surface area contributed by atoms with Crippen LogP contribution in [0.2, 0.25) is 0 Å². The van der Waals surface area contributed by atoms with Crippen LogP contribution in [0, 0.1) is 17.2 Å². The molecular weight excluding hydrogens is 164 g/mol. The monoisotopic (exact) mass is 180 g/mol. The zero-order valence-corrected chi connectivity index (χ0v) is 8.05. The predicted molar refractivity (Wildman–Crippen MR) is 49.8 cm³/mol. The number of nitrogens with zero attached hydrogens (tertiary/aromatic N) is 1. The highest BCUT2D eigenvalue weighted by Gasteiger charge is 2.26. The van der Waals surface area contributed by atoms with E-state index in [0.29, 0.717) is 0 Å². The molecule has 1 saturated carbocycles. The Morgan fingerprint density at radius 3 is 2.77 bits per heavy atom. The molecule has 3 heteroatoms. The average molecular weight is 180 g/mol. The zero-order chi connectivity index (χ0) is 9.68. The van der Waals surface area contributed by atoms with Crippen LogP contribution < -0.4 is 5.32 Å². The molecule has 1 aliphatic rings. The molecule has 0 aromatic carbocycles. The van der Waals surface area contributed by atoms with E-state index >= 15 is 0 Å². The summed E-state index contributed by atoms with van der Waals surface area (Å²) in [6.45, 7) is 2.01. The maximum Gasteiger partial charge on any atom is 0.224 e. The van der Waals surface area contributed by atoms with E-state index in [1.165, 1.54) is 0 Å². The van der Waals surface area contributed by atoms with Gasteiger partial charge in [-0.1, -0.05) is 19.8 Å². The van der Waals surface area contributed by atoms with Crippen molar-refractivity contribution in [2.45, 2.75) is 45.1 Å². The summed E-state index contributed by atoms with van der Waals surface area (Å²) in [7, 11) is 0. The average Bonchev–Trinajstić information content (AvgIpc) is 2.00. The lowest BCUT2D eigenvalue weighted by molar-refractivity contribution is -0.127. The van der Waals surface area contributed by atoms with E-state index in [0.717, 1.165) is 32.1 Å². The Kier molecular flexibility index (Phi) is 3.75. The Morgan fingerprint density at radius 2 is 2.38 bits per heavy atom. The molecule has 13 heavy (non-hydrogen) atoms. The van der Waals surface area contributed by atoms with E-state index in [1.54, 1.807) is 0 Å². The van der Waals surface area contributed by atoms with Crippen LogP contribution in [0.15, 0.2) is 0 Å². The zero-order valence-electron chi connectivity index (χ0n) is 8.05. The van der Waals surface area contributed by atoms with Crippen molar-refractivity contribution in [3.63, 3.8) is 0 Å². The number of amides is 1. The van der Waals surface area contributed by atoms with Crippen molar-refractivity contribution >= 4 is 5.91 Å². The largest absolute Gasteiger partial charge is 0.340 e. The number of carbonyl (C=O) groups excluding carboxylic acids is 1. The molecule has 0 aromatic heterocycles. The van der Waals surface area contributed by atoms with Crippen LogP contribution in [-0.2, 0) is 4.79 Å². The van der Waals surface area contributed by atoms with Gasteiger partial charge in [-0.3, -0.25) is 4.79 Å². The summed E-state index contributed by atoms with van der Waals surface area (Å²) < 4.78 is 0. The molecule has 1 N–H and O–H groups in total. The molecular formula is C10H16N2O. The Morgan fingerprint density at radius 1 is 1.69 bits per heavy atom. The molecule has 0 aliphatic heterocycles. The quantitative estimate of drug-likeness (QED) is 0.714. The summed E-state index contributed by atoms with van der Waals surface area (Å²) in [6.07, 6.45) is 4.84. The van der Waals surface area contributed by atoms with E-state index in [1.807, 2.05) is 6.92 Å². The molecule has 0 bridgehead atoms. The van der Waals surface area contributed by atoms with Crippen LogP contribution in [0.4, 0.5) is 0 Å². The van der Waals surface area contributed by atoms with E-state index in [2.05, 4.69) is 11.4 Å². The molecule has 1 unspecified atom stereocenters. The molecule has 1 fully saturated rings. The van der Waals surface area contributed by atoms with Gasteiger partial charge >= 0.3 is 0 Å². The maximum atomic E-state index is 11.4. The lowest BCUT2D eigenvalue weighted by Crippen LogP contribution is -2.40. The third kappa shape index (κ3) is 2.73. The topological polar surface area (TPSA) is 52.9 Å². The first-order valence-corrected chi connectivity index (χ1v) is 4.98. The van der Waals surface area contributed by atoms with Crippen molar-refractivity contribution in [1.29, 1.82) is 5.26 Å². The smallest absolute Gasteiger partial charge is 0.224 e. The summed E-state index contributed by atoms with van der Waals surface area (Å²) in [5.41, 5.74) is 0. The molecule has 1 aliphatic carbocycles. The van der Waals surface area contributed by atoms with Gasteiger partial charge in [-0.15, -0.1) is 0 Å². The SMILES string of the molecule is CCCC(C#N)NC(=O)C1CCC1. The Hall–Kier alpha value is -1.04. The van der Waals surface area contributed by atoms with Gasteiger partial charge in [-0.2, -0.15) is 5.26 Å². The van der Waals surface area contributed by atoms with Crippen molar-refractivity contribution in [3.8, 4) is 6.07 Å². The van der Waals surface area contributed by atoms with Crippen molar-refractivity contribution in [1.82, 2.24) is 5.32 Å². The second-order valence-electron chi connectivity index (χ2n) is 3.61. The molecule has 0 spiro atoms. The summed E-state index contributed by atoms with van der Waals surface area (Å²) in [4.78, 5) is 11.4. The number of hydrogen-bond acceptors (Lipinski definition) is 2. The van der Waals surface area contributed by atoms with Crippen LogP contribution in [0.3, 0.4) is 0 Å². The highest BCUT2D eigenvalue weighted by molar-refractivity contribution is 5.79. The number of hydrogen-bond donors (Lipinski definition) is 1. The Labute approximate surface area is 79.1 Å².